The number of hydrogen-bond acceptors (Lipinski definition) is 4. The Morgan fingerprint density at radius 3 is 2.07 bits per heavy atom. The van der Waals surface area contributed by atoms with E-state index in [9.17, 15) is 18.0 Å². The zero-order chi connectivity index (χ0) is 30.2. The number of nitrogens with one attached hydrogen (secondary N) is 1. The van der Waals surface area contributed by atoms with Gasteiger partial charge in [0.2, 0.25) is 21.8 Å². The van der Waals surface area contributed by atoms with Crippen LogP contribution >= 0.6 is 11.6 Å². The van der Waals surface area contributed by atoms with Crippen LogP contribution in [0.2, 0.25) is 5.02 Å². The number of hydrogen-bond donors (Lipinski definition) is 1. The smallest absolute Gasteiger partial charge is 0.243 e. The standard InChI is InChI=1S/C32H40ClN3O4S/c1-24-18-19-27(33)22-28(24)36(41(5,39)40)20-12-17-30(37)35(23-26-15-10-7-11-16-26)29(31(38)34-32(2,3)4)21-25-13-8-6-9-14-25/h6-11,13-16,18-19,22,29H,12,17,20-21,23H2,1-5H3,(H,34,38). The number of benzene rings is 3. The molecule has 2 amide bonds. The van der Waals surface area contributed by atoms with Gasteiger partial charge in [-0.3, -0.25) is 13.9 Å². The second-order valence-electron chi connectivity index (χ2n) is 11.3. The highest BCUT2D eigenvalue weighted by molar-refractivity contribution is 7.92. The third-order valence-electron chi connectivity index (χ3n) is 6.56. The molecule has 220 valence electrons. The van der Waals surface area contributed by atoms with E-state index in [1.165, 1.54) is 4.31 Å². The molecular formula is C32H40ClN3O4S. The van der Waals surface area contributed by atoms with E-state index in [4.69, 9.17) is 11.6 Å². The topological polar surface area (TPSA) is 86.8 Å². The molecule has 0 heterocycles. The van der Waals surface area contributed by atoms with Crippen molar-refractivity contribution in [1.82, 2.24) is 10.2 Å². The van der Waals surface area contributed by atoms with Gasteiger partial charge in [-0.1, -0.05) is 78.3 Å². The first kappa shape index (κ1) is 32.2. The van der Waals surface area contributed by atoms with Crippen LogP contribution in [-0.4, -0.2) is 49.5 Å². The van der Waals surface area contributed by atoms with Gasteiger partial charge in [-0.15, -0.1) is 0 Å². The molecule has 0 saturated carbocycles. The summed E-state index contributed by atoms with van der Waals surface area (Å²) in [7, 11) is -3.63. The minimum absolute atomic E-state index is 0.0621. The summed E-state index contributed by atoms with van der Waals surface area (Å²) >= 11 is 6.17. The largest absolute Gasteiger partial charge is 0.350 e. The molecular weight excluding hydrogens is 558 g/mol. The number of amides is 2. The molecule has 3 aromatic carbocycles. The van der Waals surface area contributed by atoms with Crippen LogP contribution < -0.4 is 9.62 Å². The minimum Gasteiger partial charge on any atom is -0.350 e. The van der Waals surface area contributed by atoms with Gasteiger partial charge in [0.05, 0.1) is 11.9 Å². The normalized spacial score (nSPS) is 12.4. The van der Waals surface area contributed by atoms with Crippen molar-refractivity contribution < 1.29 is 18.0 Å². The average molecular weight is 598 g/mol. The maximum absolute atomic E-state index is 13.9. The predicted octanol–water partition coefficient (Wildman–Crippen LogP) is 5.75. The fourth-order valence-electron chi connectivity index (χ4n) is 4.62. The summed E-state index contributed by atoms with van der Waals surface area (Å²) in [5.74, 6) is -0.465. The molecule has 1 unspecified atom stereocenters. The molecule has 0 spiro atoms. The Morgan fingerprint density at radius 1 is 0.927 bits per heavy atom. The summed E-state index contributed by atoms with van der Waals surface area (Å²) < 4.78 is 26.7. The Kier molecular flexibility index (Phi) is 11.0. The van der Waals surface area contributed by atoms with Crippen molar-refractivity contribution in [3.63, 3.8) is 0 Å². The average Bonchev–Trinajstić information content (AvgIpc) is 2.89. The van der Waals surface area contributed by atoms with E-state index < -0.39 is 21.6 Å². The first-order valence-electron chi connectivity index (χ1n) is 13.7. The second-order valence-corrected chi connectivity index (χ2v) is 13.7. The van der Waals surface area contributed by atoms with Crippen molar-refractivity contribution in [2.24, 2.45) is 0 Å². The van der Waals surface area contributed by atoms with Gasteiger partial charge in [0, 0.05) is 36.5 Å². The van der Waals surface area contributed by atoms with Gasteiger partial charge in [-0.2, -0.15) is 0 Å². The number of aryl methyl sites for hydroxylation is 1. The molecule has 3 aromatic rings. The van der Waals surface area contributed by atoms with Gasteiger partial charge < -0.3 is 10.2 Å². The Labute approximate surface area is 249 Å². The molecule has 0 saturated heterocycles. The number of anilines is 1. The van der Waals surface area contributed by atoms with E-state index in [0.717, 1.165) is 22.9 Å². The third-order valence-corrected chi connectivity index (χ3v) is 7.97. The molecule has 0 fully saturated rings. The summed E-state index contributed by atoms with van der Waals surface area (Å²) in [6, 6.07) is 23.5. The summed E-state index contributed by atoms with van der Waals surface area (Å²) in [4.78, 5) is 29.2. The lowest BCUT2D eigenvalue weighted by Gasteiger charge is -2.34. The first-order chi connectivity index (χ1) is 19.2. The van der Waals surface area contributed by atoms with Crippen molar-refractivity contribution in [2.45, 2.75) is 65.1 Å². The molecule has 9 heteroatoms. The SMILES string of the molecule is Cc1ccc(Cl)cc1N(CCCC(=O)N(Cc1ccccc1)C(Cc1ccccc1)C(=O)NC(C)(C)C)S(C)(=O)=O. The Morgan fingerprint density at radius 2 is 1.51 bits per heavy atom. The van der Waals surface area contributed by atoms with Gasteiger partial charge >= 0.3 is 0 Å². The van der Waals surface area contributed by atoms with Crippen molar-refractivity contribution in [3.8, 4) is 0 Å². The fraction of sp³-hybridized carbons (Fsp3) is 0.375. The summed E-state index contributed by atoms with van der Waals surface area (Å²) in [6.45, 7) is 7.89. The highest BCUT2D eigenvalue weighted by Crippen LogP contribution is 2.27. The van der Waals surface area contributed by atoms with Crippen LogP contribution in [0, 0.1) is 6.92 Å². The number of carbonyl (C=O) groups is 2. The van der Waals surface area contributed by atoms with Gasteiger partial charge in [-0.05, 0) is 62.9 Å². The van der Waals surface area contributed by atoms with Crippen LogP contribution in [0.1, 0.15) is 50.3 Å². The maximum atomic E-state index is 13.9. The van der Waals surface area contributed by atoms with E-state index >= 15 is 0 Å². The van der Waals surface area contributed by atoms with Crippen LogP contribution in [0.15, 0.2) is 78.9 Å². The van der Waals surface area contributed by atoms with Gasteiger partial charge in [0.15, 0.2) is 0 Å². The van der Waals surface area contributed by atoms with Gasteiger partial charge in [0.25, 0.3) is 0 Å². The molecule has 0 aliphatic carbocycles. The lowest BCUT2D eigenvalue weighted by Crippen LogP contribution is -2.54. The minimum atomic E-state index is -3.63. The number of nitrogens with zero attached hydrogens (tertiary/aromatic N) is 2. The molecule has 0 aliphatic rings. The molecule has 0 aromatic heterocycles. The summed E-state index contributed by atoms with van der Waals surface area (Å²) in [5.41, 5.74) is 2.60. The zero-order valence-corrected chi connectivity index (χ0v) is 26.0. The number of rotatable bonds is 12. The van der Waals surface area contributed by atoms with Crippen LogP contribution in [0.4, 0.5) is 5.69 Å². The van der Waals surface area contributed by atoms with Crippen LogP contribution in [-0.2, 0) is 32.6 Å². The van der Waals surface area contributed by atoms with E-state index in [1.807, 2.05) is 88.4 Å². The van der Waals surface area contributed by atoms with E-state index in [-0.39, 0.29) is 37.7 Å². The zero-order valence-electron chi connectivity index (χ0n) is 24.4. The first-order valence-corrected chi connectivity index (χ1v) is 15.9. The summed E-state index contributed by atoms with van der Waals surface area (Å²) in [5, 5.41) is 3.48. The van der Waals surface area contributed by atoms with Gasteiger partial charge in [-0.25, -0.2) is 8.42 Å². The van der Waals surface area contributed by atoms with Crippen LogP contribution in [0.25, 0.3) is 0 Å². The van der Waals surface area contributed by atoms with E-state index in [1.54, 1.807) is 23.1 Å². The molecule has 3 rings (SSSR count). The molecule has 1 N–H and O–H groups in total. The molecule has 0 aliphatic heterocycles. The van der Waals surface area contributed by atoms with Crippen molar-refractivity contribution in [1.29, 1.82) is 0 Å². The molecule has 1 atom stereocenters. The molecule has 7 nitrogen and oxygen atoms in total. The third kappa shape index (κ3) is 9.90. The molecule has 41 heavy (non-hydrogen) atoms. The Bertz CT molecular complexity index is 1420. The fourth-order valence-corrected chi connectivity index (χ4v) is 5.80. The number of halogens is 1. The number of sulfonamides is 1. The lowest BCUT2D eigenvalue weighted by atomic mass is 10.00. The molecule has 0 radical (unpaired) electrons. The quantitative estimate of drug-likeness (QED) is 0.288. The highest BCUT2D eigenvalue weighted by atomic mass is 35.5. The van der Waals surface area contributed by atoms with E-state index in [0.29, 0.717) is 17.1 Å². The highest BCUT2D eigenvalue weighted by Gasteiger charge is 2.32. The molecule has 0 bridgehead atoms. The maximum Gasteiger partial charge on any atom is 0.243 e. The Hall–Kier alpha value is -3.36. The van der Waals surface area contributed by atoms with Crippen LogP contribution in [0.3, 0.4) is 0 Å². The summed E-state index contributed by atoms with van der Waals surface area (Å²) in [6.07, 6.45) is 1.82. The van der Waals surface area contributed by atoms with Crippen molar-refractivity contribution in [3.05, 3.63) is 101 Å². The predicted molar refractivity (Wildman–Crippen MR) is 166 cm³/mol. The van der Waals surface area contributed by atoms with Gasteiger partial charge in [0.1, 0.15) is 6.04 Å². The van der Waals surface area contributed by atoms with Crippen LogP contribution in [0.5, 0.6) is 0 Å². The number of carbonyl (C=O) groups excluding carboxylic acids is 2. The van der Waals surface area contributed by atoms with E-state index in [2.05, 4.69) is 5.32 Å². The van der Waals surface area contributed by atoms with Crippen molar-refractivity contribution >= 4 is 39.1 Å². The monoisotopic (exact) mass is 597 g/mol. The van der Waals surface area contributed by atoms with Crippen molar-refractivity contribution in [2.75, 3.05) is 17.1 Å². The second kappa shape index (κ2) is 14.0. The Balaban J connectivity index is 1.90. The lowest BCUT2D eigenvalue weighted by molar-refractivity contribution is -0.142.